The summed E-state index contributed by atoms with van der Waals surface area (Å²) in [7, 11) is 3.02. The zero-order valence-electron chi connectivity index (χ0n) is 16.8. The highest BCUT2D eigenvalue weighted by Crippen LogP contribution is 2.37. The van der Waals surface area contributed by atoms with Gasteiger partial charge in [-0.25, -0.2) is 0 Å². The molecule has 31 heavy (non-hydrogen) atoms. The third-order valence-electron chi connectivity index (χ3n) is 4.98. The minimum Gasteiger partial charge on any atom is -0.497 e. The van der Waals surface area contributed by atoms with Crippen LogP contribution in [-0.4, -0.2) is 49.3 Å². The molecule has 0 saturated carbocycles. The van der Waals surface area contributed by atoms with Crippen LogP contribution in [0.5, 0.6) is 23.0 Å². The van der Waals surface area contributed by atoms with Crippen LogP contribution in [0.4, 0.5) is 5.69 Å². The molecule has 10 heteroatoms. The van der Waals surface area contributed by atoms with Gasteiger partial charge in [0, 0.05) is 23.7 Å². The normalized spacial score (nSPS) is 18.7. The lowest BCUT2D eigenvalue weighted by Crippen LogP contribution is -2.45. The van der Waals surface area contributed by atoms with Gasteiger partial charge < -0.3 is 34.2 Å². The molecule has 162 valence electrons. The van der Waals surface area contributed by atoms with Gasteiger partial charge in [0.1, 0.15) is 11.5 Å². The predicted octanol–water partition coefficient (Wildman–Crippen LogP) is 2.41. The van der Waals surface area contributed by atoms with Crippen molar-refractivity contribution in [2.24, 2.45) is 5.16 Å². The number of methoxy groups -OCH3 is 2. The minimum absolute atomic E-state index is 0.0702. The number of oxime groups is 1. The Labute approximate surface area is 177 Å². The van der Waals surface area contributed by atoms with Gasteiger partial charge in [-0.15, -0.1) is 0 Å². The number of fused-ring (bicyclic) bond motifs is 1. The van der Waals surface area contributed by atoms with Gasteiger partial charge in [0.25, 0.3) is 5.91 Å². The summed E-state index contributed by atoms with van der Waals surface area (Å²) < 4.78 is 21.2. The lowest BCUT2D eigenvalue weighted by Gasteiger charge is -2.23. The third-order valence-corrected chi connectivity index (χ3v) is 4.98. The van der Waals surface area contributed by atoms with E-state index >= 15 is 0 Å². The lowest BCUT2D eigenvalue weighted by atomic mass is 9.89. The first-order valence-electron chi connectivity index (χ1n) is 9.34. The van der Waals surface area contributed by atoms with Crippen molar-refractivity contribution in [2.45, 2.75) is 18.4 Å². The molecular formula is C21H20N2O8. The van der Waals surface area contributed by atoms with Gasteiger partial charge in [-0.3, -0.25) is 9.59 Å². The molecule has 2 aromatic rings. The molecule has 2 aliphatic rings. The van der Waals surface area contributed by atoms with E-state index in [9.17, 15) is 14.7 Å². The number of carbonyl (C=O) groups is 2. The van der Waals surface area contributed by atoms with Crippen molar-refractivity contribution in [2.75, 3.05) is 26.3 Å². The number of benzene rings is 2. The predicted molar refractivity (Wildman–Crippen MR) is 108 cm³/mol. The molecule has 2 aliphatic heterocycles. The molecule has 1 atom stereocenters. The molecule has 2 N–H and O–H groups in total. The monoisotopic (exact) mass is 428 g/mol. The maximum Gasteiger partial charge on any atom is 0.308 e. The van der Waals surface area contributed by atoms with Crippen molar-refractivity contribution in [3.05, 3.63) is 42.0 Å². The van der Waals surface area contributed by atoms with Gasteiger partial charge in [0.05, 0.1) is 26.4 Å². The highest BCUT2D eigenvalue weighted by atomic mass is 16.7. The molecule has 0 spiro atoms. The van der Waals surface area contributed by atoms with Crippen molar-refractivity contribution in [3.8, 4) is 23.0 Å². The Morgan fingerprint density at radius 3 is 2.68 bits per heavy atom. The second kappa shape index (κ2) is 8.05. The number of hydrogen-bond donors (Lipinski definition) is 2. The van der Waals surface area contributed by atoms with Crippen molar-refractivity contribution in [1.82, 2.24) is 0 Å². The molecule has 0 radical (unpaired) electrons. The Kier molecular flexibility index (Phi) is 5.28. The summed E-state index contributed by atoms with van der Waals surface area (Å²) in [5.41, 5.74) is -0.399. The molecule has 0 bridgehead atoms. The smallest absolute Gasteiger partial charge is 0.308 e. The number of amides is 1. The van der Waals surface area contributed by atoms with Crippen molar-refractivity contribution in [1.29, 1.82) is 0 Å². The van der Waals surface area contributed by atoms with E-state index in [1.807, 2.05) is 0 Å². The van der Waals surface area contributed by atoms with Gasteiger partial charge in [0.15, 0.2) is 11.5 Å². The standard InChI is InChI=1S/C21H20N2O8/c1-27-13-4-6-16(28-2)14(8-13)15-9-21(31-23-15,10-19(24)25)20(26)22-12-3-5-17-18(7-12)30-11-29-17/h3-8H,9-11H2,1-2H3,(H,22,26)(H,24,25). The number of anilines is 1. The fourth-order valence-corrected chi connectivity index (χ4v) is 3.42. The molecule has 1 amide bonds. The van der Waals surface area contributed by atoms with E-state index in [1.54, 1.807) is 36.4 Å². The Balaban J connectivity index is 1.60. The molecule has 0 aliphatic carbocycles. The van der Waals surface area contributed by atoms with E-state index in [1.165, 1.54) is 14.2 Å². The second-order valence-electron chi connectivity index (χ2n) is 6.96. The average molecular weight is 428 g/mol. The summed E-state index contributed by atoms with van der Waals surface area (Å²) in [5, 5.41) is 16.1. The molecule has 10 nitrogen and oxygen atoms in total. The third kappa shape index (κ3) is 3.91. The summed E-state index contributed by atoms with van der Waals surface area (Å²) in [6.07, 6.45) is -0.651. The fourth-order valence-electron chi connectivity index (χ4n) is 3.42. The van der Waals surface area contributed by atoms with Crippen LogP contribution in [0.25, 0.3) is 0 Å². The van der Waals surface area contributed by atoms with Crippen LogP contribution in [0.15, 0.2) is 41.6 Å². The molecule has 0 saturated heterocycles. The van der Waals surface area contributed by atoms with Crippen LogP contribution in [0.1, 0.15) is 18.4 Å². The van der Waals surface area contributed by atoms with Gasteiger partial charge in [-0.1, -0.05) is 5.16 Å². The van der Waals surface area contributed by atoms with Crippen molar-refractivity contribution >= 4 is 23.3 Å². The summed E-state index contributed by atoms with van der Waals surface area (Å²) in [6, 6.07) is 9.97. The number of aliphatic carboxylic acids is 1. The highest BCUT2D eigenvalue weighted by molar-refractivity contribution is 6.10. The number of rotatable bonds is 7. The van der Waals surface area contributed by atoms with Crippen LogP contribution in [0, 0.1) is 0 Å². The van der Waals surface area contributed by atoms with Gasteiger partial charge in [-0.2, -0.15) is 0 Å². The topological polar surface area (TPSA) is 125 Å². The number of carboxylic acid groups (broad SMARTS) is 1. The minimum atomic E-state index is -1.73. The van der Waals surface area contributed by atoms with Gasteiger partial charge in [0.2, 0.25) is 12.4 Å². The van der Waals surface area contributed by atoms with Crippen molar-refractivity contribution in [3.63, 3.8) is 0 Å². The van der Waals surface area contributed by atoms with Gasteiger partial charge in [-0.05, 0) is 30.3 Å². The summed E-state index contributed by atoms with van der Waals surface area (Å²) in [4.78, 5) is 30.1. The molecule has 0 aromatic heterocycles. The Morgan fingerprint density at radius 2 is 1.94 bits per heavy atom. The average Bonchev–Trinajstić information content (AvgIpc) is 3.40. The first kappa shape index (κ1) is 20.3. The van der Waals surface area contributed by atoms with Crippen LogP contribution in [0.3, 0.4) is 0 Å². The lowest BCUT2D eigenvalue weighted by molar-refractivity contribution is -0.152. The molecule has 0 fully saturated rings. The number of nitrogens with zero attached hydrogens (tertiary/aromatic N) is 1. The Hall–Kier alpha value is -3.95. The number of carbonyl (C=O) groups excluding carboxylic acids is 1. The quantitative estimate of drug-likeness (QED) is 0.689. The van der Waals surface area contributed by atoms with E-state index in [0.717, 1.165) is 0 Å². The van der Waals surface area contributed by atoms with Crippen LogP contribution in [0.2, 0.25) is 0 Å². The first-order valence-corrected chi connectivity index (χ1v) is 9.34. The fraction of sp³-hybridized carbons (Fsp3) is 0.286. The van der Waals surface area contributed by atoms with E-state index < -0.39 is 23.9 Å². The molecule has 1 unspecified atom stereocenters. The second-order valence-corrected chi connectivity index (χ2v) is 6.96. The highest BCUT2D eigenvalue weighted by Gasteiger charge is 2.49. The summed E-state index contributed by atoms with van der Waals surface area (Å²) >= 11 is 0. The summed E-state index contributed by atoms with van der Waals surface area (Å²) in [5.74, 6) is 0.246. The molecule has 4 rings (SSSR count). The number of nitrogens with one attached hydrogen (secondary N) is 1. The van der Waals surface area contributed by atoms with Crippen LogP contribution in [-0.2, 0) is 14.4 Å². The molecule has 2 aromatic carbocycles. The largest absolute Gasteiger partial charge is 0.497 e. The maximum absolute atomic E-state index is 13.1. The van der Waals surface area contributed by atoms with E-state index in [2.05, 4.69) is 10.5 Å². The number of carboxylic acids is 1. The van der Waals surface area contributed by atoms with E-state index in [0.29, 0.717) is 40.0 Å². The van der Waals surface area contributed by atoms with Crippen LogP contribution < -0.4 is 24.3 Å². The maximum atomic E-state index is 13.1. The molecule has 2 heterocycles. The van der Waals surface area contributed by atoms with E-state index in [-0.39, 0.29) is 13.2 Å². The SMILES string of the molecule is COc1ccc(OC)c(C2=NOC(CC(=O)O)(C(=O)Nc3ccc4c(c3)OCO4)C2)c1. The molecular weight excluding hydrogens is 408 g/mol. The zero-order chi connectivity index (χ0) is 22.0. The Morgan fingerprint density at radius 1 is 1.13 bits per heavy atom. The Bertz CT molecular complexity index is 1070. The van der Waals surface area contributed by atoms with Crippen molar-refractivity contribution < 1.29 is 38.5 Å². The van der Waals surface area contributed by atoms with E-state index in [4.69, 9.17) is 23.8 Å². The number of hydrogen-bond acceptors (Lipinski definition) is 8. The number of ether oxygens (including phenoxy) is 4. The van der Waals surface area contributed by atoms with Crippen LogP contribution >= 0.6 is 0 Å². The zero-order valence-corrected chi connectivity index (χ0v) is 16.8. The summed E-state index contributed by atoms with van der Waals surface area (Å²) in [6.45, 7) is 0.0956. The first-order chi connectivity index (χ1) is 14.9. The van der Waals surface area contributed by atoms with Gasteiger partial charge >= 0.3 is 5.97 Å².